The number of esters is 2. The number of hydrogen-bond donors (Lipinski definition) is 3. The second-order valence-electron chi connectivity index (χ2n) is 8.45. The molecule has 0 saturated heterocycles. The van der Waals surface area contributed by atoms with Crippen LogP contribution in [0.5, 0.6) is 0 Å². The van der Waals surface area contributed by atoms with Gasteiger partial charge in [-0.25, -0.2) is 4.57 Å². The smallest absolute Gasteiger partial charge is 0.462 e. The van der Waals surface area contributed by atoms with Crippen molar-refractivity contribution in [2.45, 2.75) is 110 Å². The van der Waals surface area contributed by atoms with Crippen molar-refractivity contribution >= 4 is 25.7 Å². The first-order valence-electron chi connectivity index (χ1n) is 12.4. The molecule has 1 atom stereocenters. The molecule has 0 bridgehead atoms. The number of phosphoric acid groups is 1. The molecule has 3 N–H and O–H groups in total. The van der Waals surface area contributed by atoms with Crippen molar-refractivity contribution in [2.24, 2.45) is 0 Å². The van der Waals surface area contributed by atoms with Crippen LogP contribution in [0.25, 0.3) is 0 Å². The molecule has 0 aliphatic heterocycles. The standard InChI is InChI=1S/C23H44NO9P/c1-3-4-5-6-7-9-13-16-23(27)33-21(19-32-34(28,29)30)18-31-22(26)15-12-10-8-11-14-17-24-20(2)25/h21H,3-19H2,1-2H3,(H,24,25)(H2,28,29,30)/t21-/m1/s1. The van der Waals surface area contributed by atoms with E-state index in [1.165, 1.54) is 26.2 Å². The van der Waals surface area contributed by atoms with Crippen LogP contribution in [-0.2, 0) is 32.9 Å². The molecule has 0 heterocycles. The molecule has 0 aliphatic carbocycles. The highest BCUT2D eigenvalue weighted by atomic mass is 31.2. The Kier molecular flexibility index (Phi) is 19.9. The first-order valence-corrected chi connectivity index (χ1v) is 14.0. The summed E-state index contributed by atoms with van der Waals surface area (Å²) >= 11 is 0. The van der Waals surface area contributed by atoms with E-state index < -0.39 is 32.5 Å². The lowest BCUT2D eigenvalue weighted by Crippen LogP contribution is -2.29. The zero-order valence-electron chi connectivity index (χ0n) is 20.8. The van der Waals surface area contributed by atoms with Gasteiger partial charge in [0.2, 0.25) is 5.91 Å². The van der Waals surface area contributed by atoms with E-state index in [4.69, 9.17) is 19.3 Å². The van der Waals surface area contributed by atoms with Gasteiger partial charge in [0.05, 0.1) is 6.61 Å². The quantitative estimate of drug-likeness (QED) is 0.111. The summed E-state index contributed by atoms with van der Waals surface area (Å²) in [4.78, 5) is 52.6. The number of unbranched alkanes of at least 4 members (excludes halogenated alkanes) is 10. The molecule has 0 aromatic carbocycles. The molecule has 34 heavy (non-hydrogen) atoms. The summed E-state index contributed by atoms with van der Waals surface area (Å²) in [6, 6.07) is 0. The first-order chi connectivity index (χ1) is 16.1. The lowest BCUT2D eigenvalue weighted by atomic mass is 10.1. The second-order valence-corrected chi connectivity index (χ2v) is 9.69. The predicted octanol–water partition coefficient (Wildman–Crippen LogP) is 4.17. The summed E-state index contributed by atoms with van der Waals surface area (Å²) in [5.41, 5.74) is 0. The van der Waals surface area contributed by atoms with Crippen LogP contribution in [0.2, 0.25) is 0 Å². The molecule has 0 aromatic rings. The molecule has 0 unspecified atom stereocenters. The van der Waals surface area contributed by atoms with Crippen LogP contribution in [0.1, 0.15) is 104 Å². The van der Waals surface area contributed by atoms with Gasteiger partial charge in [0.15, 0.2) is 6.10 Å². The lowest BCUT2D eigenvalue weighted by molar-refractivity contribution is -0.161. The van der Waals surface area contributed by atoms with Crippen LogP contribution < -0.4 is 5.32 Å². The molecule has 1 amide bonds. The monoisotopic (exact) mass is 509 g/mol. The van der Waals surface area contributed by atoms with Crippen LogP contribution >= 0.6 is 7.82 Å². The van der Waals surface area contributed by atoms with E-state index in [1.54, 1.807) is 0 Å². The minimum Gasteiger partial charge on any atom is -0.462 e. The summed E-state index contributed by atoms with van der Waals surface area (Å²) < 4.78 is 25.8. The van der Waals surface area contributed by atoms with Crippen LogP contribution in [0.4, 0.5) is 0 Å². The Bertz CT molecular complexity index is 609. The highest BCUT2D eigenvalue weighted by molar-refractivity contribution is 7.46. The van der Waals surface area contributed by atoms with Crippen molar-refractivity contribution in [3.8, 4) is 0 Å². The fourth-order valence-corrected chi connectivity index (χ4v) is 3.58. The zero-order chi connectivity index (χ0) is 25.7. The summed E-state index contributed by atoms with van der Waals surface area (Å²) in [7, 11) is -4.74. The fourth-order valence-electron chi connectivity index (χ4n) is 3.21. The van der Waals surface area contributed by atoms with Gasteiger partial charge in [0, 0.05) is 26.3 Å². The molecular weight excluding hydrogens is 465 g/mol. The number of amides is 1. The maximum Gasteiger partial charge on any atom is 0.469 e. The van der Waals surface area contributed by atoms with Gasteiger partial charge >= 0.3 is 19.8 Å². The lowest BCUT2D eigenvalue weighted by Gasteiger charge is -2.18. The maximum absolute atomic E-state index is 12.1. The third-order valence-corrected chi connectivity index (χ3v) is 5.56. The van der Waals surface area contributed by atoms with E-state index in [9.17, 15) is 18.9 Å². The van der Waals surface area contributed by atoms with Crippen molar-refractivity contribution in [1.82, 2.24) is 5.32 Å². The van der Waals surface area contributed by atoms with E-state index in [0.717, 1.165) is 44.9 Å². The Hall–Kier alpha value is -1.48. The normalized spacial score (nSPS) is 12.2. The number of carbonyl (C=O) groups is 3. The summed E-state index contributed by atoms with van der Waals surface area (Å²) in [5, 5.41) is 2.73. The molecule has 0 radical (unpaired) electrons. The summed E-state index contributed by atoms with van der Waals surface area (Å²) in [6.45, 7) is 3.39. The Morgan fingerprint density at radius 3 is 1.88 bits per heavy atom. The summed E-state index contributed by atoms with van der Waals surface area (Å²) in [6.07, 6.45) is 10.9. The zero-order valence-corrected chi connectivity index (χ0v) is 21.7. The molecule has 0 aliphatic rings. The van der Waals surface area contributed by atoms with Gasteiger partial charge in [-0.3, -0.25) is 18.9 Å². The summed E-state index contributed by atoms with van der Waals surface area (Å²) in [5.74, 6) is -1.03. The van der Waals surface area contributed by atoms with E-state index in [1.807, 2.05) is 0 Å². The number of carbonyl (C=O) groups excluding carboxylic acids is 3. The van der Waals surface area contributed by atoms with Gasteiger partial charge in [-0.1, -0.05) is 64.7 Å². The molecule has 11 heteroatoms. The fraction of sp³-hybridized carbons (Fsp3) is 0.870. The number of nitrogens with one attached hydrogen (secondary N) is 1. The largest absolute Gasteiger partial charge is 0.469 e. The highest BCUT2D eigenvalue weighted by Gasteiger charge is 2.22. The minimum atomic E-state index is -4.74. The molecular formula is C23H44NO9P. The third-order valence-electron chi connectivity index (χ3n) is 5.07. The Morgan fingerprint density at radius 2 is 1.32 bits per heavy atom. The molecule has 200 valence electrons. The maximum atomic E-state index is 12.1. The van der Waals surface area contributed by atoms with Gasteiger partial charge in [-0.15, -0.1) is 0 Å². The van der Waals surface area contributed by atoms with Crippen molar-refractivity contribution in [3.05, 3.63) is 0 Å². The van der Waals surface area contributed by atoms with E-state index in [2.05, 4.69) is 16.8 Å². The topological polar surface area (TPSA) is 148 Å². The van der Waals surface area contributed by atoms with E-state index in [0.29, 0.717) is 19.4 Å². The Labute approximate surface area is 203 Å². The van der Waals surface area contributed by atoms with Crippen molar-refractivity contribution < 1.29 is 42.7 Å². The average molecular weight is 510 g/mol. The minimum absolute atomic E-state index is 0.0456. The number of hydrogen-bond acceptors (Lipinski definition) is 7. The SMILES string of the molecule is CCCCCCCCCC(=O)O[C@H](COC(=O)CCCCCCCNC(C)=O)COP(=O)(O)O. The molecule has 10 nitrogen and oxygen atoms in total. The molecule has 0 spiro atoms. The van der Waals surface area contributed by atoms with Crippen LogP contribution in [-0.4, -0.2) is 53.5 Å². The Balaban J connectivity index is 4.14. The van der Waals surface area contributed by atoms with Gasteiger partial charge in [-0.05, 0) is 19.3 Å². The molecule has 0 rings (SSSR count). The van der Waals surface area contributed by atoms with Crippen LogP contribution in [0.15, 0.2) is 0 Å². The van der Waals surface area contributed by atoms with Crippen molar-refractivity contribution in [2.75, 3.05) is 19.8 Å². The number of ether oxygens (including phenoxy) is 2. The van der Waals surface area contributed by atoms with Crippen molar-refractivity contribution in [3.63, 3.8) is 0 Å². The van der Waals surface area contributed by atoms with Gasteiger partial charge in [0.25, 0.3) is 0 Å². The van der Waals surface area contributed by atoms with Gasteiger partial charge in [-0.2, -0.15) is 0 Å². The van der Waals surface area contributed by atoms with Gasteiger partial charge in [0.1, 0.15) is 6.61 Å². The highest BCUT2D eigenvalue weighted by Crippen LogP contribution is 2.35. The van der Waals surface area contributed by atoms with E-state index >= 15 is 0 Å². The van der Waals surface area contributed by atoms with Gasteiger partial charge < -0.3 is 24.6 Å². The molecule has 0 fully saturated rings. The van der Waals surface area contributed by atoms with Crippen LogP contribution in [0, 0.1) is 0 Å². The number of phosphoric ester groups is 1. The predicted molar refractivity (Wildman–Crippen MR) is 128 cm³/mol. The van der Waals surface area contributed by atoms with Crippen LogP contribution in [0.3, 0.4) is 0 Å². The Morgan fingerprint density at radius 1 is 0.794 bits per heavy atom. The first kappa shape index (κ1) is 32.5. The average Bonchev–Trinajstić information content (AvgIpc) is 2.76. The van der Waals surface area contributed by atoms with E-state index in [-0.39, 0.29) is 25.4 Å². The number of rotatable bonds is 22. The third kappa shape index (κ3) is 23.7. The van der Waals surface area contributed by atoms with Crippen molar-refractivity contribution in [1.29, 1.82) is 0 Å². The second kappa shape index (κ2) is 20.9. The molecule has 0 aromatic heterocycles. The molecule has 0 saturated carbocycles.